The number of pyridine rings is 1. The van der Waals surface area contributed by atoms with Crippen LogP contribution >= 0.6 is 11.6 Å². The molecule has 0 saturated heterocycles. The standard InChI is InChI=1S/C17H13ClF3N3O/c1-25-13-7-10(19)2-3-11(13)12-4-5-24-14(6-9-8-17(9,20)21)22-23-16(24)15(12)18/h2-5,7,9H,6,8H2,1H3. The molecule has 4 nitrogen and oxygen atoms in total. The van der Waals surface area contributed by atoms with Crippen LogP contribution in [-0.2, 0) is 6.42 Å². The number of halogens is 4. The Hall–Kier alpha value is -2.28. The first-order valence-corrected chi connectivity index (χ1v) is 8.02. The van der Waals surface area contributed by atoms with E-state index >= 15 is 0 Å². The van der Waals surface area contributed by atoms with Gasteiger partial charge in [-0.3, -0.25) is 4.40 Å². The van der Waals surface area contributed by atoms with Gasteiger partial charge >= 0.3 is 0 Å². The number of methoxy groups -OCH3 is 1. The highest BCUT2D eigenvalue weighted by Crippen LogP contribution is 2.50. The number of rotatable bonds is 4. The lowest BCUT2D eigenvalue weighted by atomic mass is 10.1. The van der Waals surface area contributed by atoms with Gasteiger partial charge in [-0.15, -0.1) is 10.2 Å². The predicted octanol–water partition coefficient (Wildman–Crippen LogP) is 4.40. The van der Waals surface area contributed by atoms with Crippen LogP contribution in [-0.4, -0.2) is 27.6 Å². The van der Waals surface area contributed by atoms with E-state index in [4.69, 9.17) is 16.3 Å². The van der Waals surface area contributed by atoms with E-state index in [0.29, 0.717) is 33.4 Å². The van der Waals surface area contributed by atoms with Crippen molar-refractivity contribution >= 4 is 17.2 Å². The van der Waals surface area contributed by atoms with Crippen LogP contribution in [0.5, 0.6) is 5.75 Å². The van der Waals surface area contributed by atoms with Gasteiger partial charge in [-0.1, -0.05) is 11.6 Å². The molecule has 0 bridgehead atoms. The number of benzene rings is 1. The van der Waals surface area contributed by atoms with Crippen LogP contribution in [0.2, 0.25) is 5.02 Å². The molecule has 0 N–H and O–H groups in total. The number of ether oxygens (including phenoxy) is 1. The van der Waals surface area contributed by atoms with E-state index in [1.165, 1.54) is 19.2 Å². The summed E-state index contributed by atoms with van der Waals surface area (Å²) >= 11 is 6.45. The van der Waals surface area contributed by atoms with Crippen LogP contribution in [0.3, 0.4) is 0 Å². The molecule has 2 aromatic heterocycles. The zero-order chi connectivity index (χ0) is 17.8. The number of fused-ring (bicyclic) bond motifs is 1. The maximum Gasteiger partial charge on any atom is 0.252 e. The largest absolute Gasteiger partial charge is 0.496 e. The molecule has 4 rings (SSSR count). The van der Waals surface area contributed by atoms with Crippen molar-refractivity contribution in [2.75, 3.05) is 7.11 Å². The Bertz CT molecular complexity index is 973. The smallest absolute Gasteiger partial charge is 0.252 e. The first-order chi connectivity index (χ1) is 11.9. The van der Waals surface area contributed by atoms with E-state index in [9.17, 15) is 13.2 Å². The maximum atomic E-state index is 13.4. The Morgan fingerprint density at radius 3 is 2.72 bits per heavy atom. The minimum atomic E-state index is -2.61. The molecule has 0 spiro atoms. The molecule has 8 heteroatoms. The number of alkyl halides is 2. The second-order valence-corrected chi connectivity index (χ2v) is 6.44. The van der Waals surface area contributed by atoms with E-state index in [0.717, 1.165) is 0 Å². The highest BCUT2D eigenvalue weighted by molar-refractivity contribution is 6.36. The lowest BCUT2D eigenvalue weighted by Gasteiger charge is -2.11. The van der Waals surface area contributed by atoms with Gasteiger partial charge in [0.2, 0.25) is 0 Å². The molecule has 1 fully saturated rings. The van der Waals surface area contributed by atoms with Crippen molar-refractivity contribution in [2.24, 2.45) is 5.92 Å². The first-order valence-electron chi connectivity index (χ1n) is 7.64. The molecule has 3 aromatic rings. The Morgan fingerprint density at radius 2 is 2.04 bits per heavy atom. The molecule has 1 atom stereocenters. The summed E-state index contributed by atoms with van der Waals surface area (Å²) in [5.41, 5.74) is 1.57. The summed E-state index contributed by atoms with van der Waals surface area (Å²) in [6.45, 7) is 0. The molecule has 1 unspecified atom stereocenters. The Labute approximate surface area is 146 Å². The van der Waals surface area contributed by atoms with Crippen molar-refractivity contribution in [3.8, 4) is 16.9 Å². The van der Waals surface area contributed by atoms with Crippen molar-refractivity contribution in [1.82, 2.24) is 14.6 Å². The van der Waals surface area contributed by atoms with Crippen molar-refractivity contribution in [3.05, 3.63) is 47.1 Å². The van der Waals surface area contributed by atoms with Gasteiger partial charge in [-0.25, -0.2) is 13.2 Å². The number of nitrogens with zero attached hydrogens (tertiary/aromatic N) is 3. The van der Waals surface area contributed by atoms with Crippen molar-refractivity contribution < 1.29 is 17.9 Å². The average Bonchev–Trinajstić information content (AvgIpc) is 2.99. The Morgan fingerprint density at radius 1 is 1.28 bits per heavy atom. The first kappa shape index (κ1) is 16.2. The fourth-order valence-electron chi connectivity index (χ4n) is 2.92. The molecule has 0 aliphatic heterocycles. The van der Waals surface area contributed by atoms with Gasteiger partial charge in [-0.05, 0) is 18.2 Å². The molecule has 1 aliphatic rings. The summed E-state index contributed by atoms with van der Waals surface area (Å²) < 4.78 is 46.5. The summed E-state index contributed by atoms with van der Waals surface area (Å²) in [7, 11) is 1.44. The number of hydrogen-bond donors (Lipinski definition) is 0. The molecule has 25 heavy (non-hydrogen) atoms. The summed E-state index contributed by atoms with van der Waals surface area (Å²) in [6, 6.07) is 5.85. The molecule has 130 valence electrons. The van der Waals surface area contributed by atoms with E-state index < -0.39 is 17.7 Å². The van der Waals surface area contributed by atoms with Gasteiger partial charge in [0.1, 0.15) is 17.4 Å². The lowest BCUT2D eigenvalue weighted by molar-refractivity contribution is 0.0984. The maximum absolute atomic E-state index is 13.4. The van der Waals surface area contributed by atoms with Crippen LogP contribution in [0.4, 0.5) is 13.2 Å². The zero-order valence-electron chi connectivity index (χ0n) is 13.1. The topological polar surface area (TPSA) is 39.4 Å². The molecule has 1 saturated carbocycles. The fourth-order valence-corrected chi connectivity index (χ4v) is 3.21. The third-order valence-corrected chi connectivity index (χ3v) is 4.80. The van der Waals surface area contributed by atoms with Crippen molar-refractivity contribution in [1.29, 1.82) is 0 Å². The summed E-state index contributed by atoms with van der Waals surface area (Å²) in [6.07, 6.45) is 1.69. The van der Waals surface area contributed by atoms with Crippen LogP contribution in [0.15, 0.2) is 30.5 Å². The van der Waals surface area contributed by atoms with Gasteiger partial charge in [0.25, 0.3) is 5.92 Å². The normalized spacial score (nSPS) is 18.5. The minimum Gasteiger partial charge on any atom is -0.496 e. The van der Waals surface area contributed by atoms with E-state index in [-0.39, 0.29) is 12.8 Å². The lowest BCUT2D eigenvalue weighted by Crippen LogP contribution is -2.02. The minimum absolute atomic E-state index is 0.124. The van der Waals surface area contributed by atoms with E-state index in [1.54, 1.807) is 22.7 Å². The third-order valence-electron chi connectivity index (χ3n) is 4.43. The average molecular weight is 368 g/mol. The highest BCUT2D eigenvalue weighted by atomic mass is 35.5. The van der Waals surface area contributed by atoms with Crippen molar-refractivity contribution in [3.63, 3.8) is 0 Å². The molecule has 2 heterocycles. The zero-order valence-corrected chi connectivity index (χ0v) is 13.9. The third kappa shape index (κ3) is 2.72. The highest BCUT2D eigenvalue weighted by Gasteiger charge is 2.56. The van der Waals surface area contributed by atoms with Gasteiger partial charge in [0.05, 0.1) is 12.1 Å². The van der Waals surface area contributed by atoms with Crippen LogP contribution in [0.1, 0.15) is 12.2 Å². The summed E-state index contributed by atoms with van der Waals surface area (Å²) in [4.78, 5) is 0. The van der Waals surface area contributed by atoms with Gasteiger partial charge in [0, 0.05) is 42.1 Å². The molecule has 1 aromatic carbocycles. The van der Waals surface area contributed by atoms with Gasteiger partial charge in [0.15, 0.2) is 5.65 Å². The molecular formula is C17H13ClF3N3O. The fraction of sp³-hybridized carbons (Fsp3) is 0.294. The molecule has 0 amide bonds. The quantitative estimate of drug-likeness (QED) is 0.686. The second-order valence-electron chi connectivity index (χ2n) is 6.06. The summed E-state index contributed by atoms with van der Waals surface area (Å²) in [5.74, 6) is -2.96. The van der Waals surface area contributed by atoms with Crippen molar-refractivity contribution in [2.45, 2.75) is 18.8 Å². The molecular weight excluding hydrogens is 355 g/mol. The monoisotopic (exact) mass is 367 g/mol. The second kappa shape index (κ2) is 5.62. The Balaban J connectivity index is 1.77. The van der Waals surface area contributed by atoms with Crippen LogP contribution in [0, 0.1) is 11.7 Å². The van der Waals surface area contributed by atoms with E-state index in [2.05, 4.69) is 10.2 Å². The molecule has 0 radical (unpaired) electrons. The number of aromatic nitrogens is 3. The summed E-state index contributed by atoms with van der Waals surface area (Å²) in [5, 5.41) is 8.32. The predicted molar refractivity (Wildman–Crippen MR) is 86.7 cm³/mol. The Kier molecular flexibility index (Phi) is 3.64. The van der Waals surface area contributed by atoms with Gasteiger partial charge < -0.3 is 4.74 Å². The SMILES string of the molecule is COc1cc(F)ccc1-c1ccn2c(CC3CC3(F)F)nnc2c1Cl. The van der Waals surface area contributed by atoms with Crippen LogP contribution in [0.25, 0.3) is 16.8 Å². The van der Waals surface area contributed by atoms with Gasteiger partial charge in [-0.2, -0.15) is 0 Å². The van der Waals surface area contributed by atoms with E-state index in [1.807, 2.05) is 0 Å². The number of hydrogen-bond acceptors (Lipinski definition) is 3. The van der Waals surface area contributed by atoms with Crippen LogP contribution < -0.4 is 4.74 Å². The molecule has 1 aliphatic carbocycles.